The van der Waals surface area contributed by atoms with Crippen LogP contribution in [0.2, 0.25) is 0 Å². The lowest BCUT2D eigenvalue weighted by Crippen LogP contribution is -2.38. The molecule has 0 saturated carbocycles. The fourth-order valence-corrected chi connectivity index (χ4v) is 1.43. The number of nitrogens with zero attached hydrogens (tertiary/aromatic N) is 1. The van der Waals surface area contributed by atoms with E-state index < -0.39 is 0 Å². The highest BCUT2D eigenvalue weighted by Gasteiger charge is 2.03. The molecule has 0 bridgehead atoms. The molecule has 98 valence electrons. The average Bonchev–Trinajstić information content (AvgIpc) is 2.14. The zero-order valence-corrected chi connectivity index (χ0v) is 13.5. The molecule has 0 spiro atoms. The SMILES string of the molecule is CCCN=C(N)NC(C)CCCC(C)C.I. The highest BCUT2D eigenvalue weighted by atomic mass is 127. The van der Waals surface area contributed by atoms with E-state index in [0.29, 0.717) is 12.0 Å². The molecule has 3 nitrogen and oxygen atoms in total. The summed E-state index contributed by atoms with van der Waals surface area (Å²) in [4.78, 5) is 4.21. The standard InChI is InChI=1S/C12H27N3.HI/c1-5-9-14-12(13)15-11(4)8-6-7-10(2)3;/h10-11H,5-9H2,1-4H3,(H3,13,14,15);1H. The number of nitrogens with two attached hydrogens (primary N) is 1. The maximum absolute atomic E-state index is 5.73. The quantitative estimate of drug-likeness (QED) is 0.425. The van der Waals surface area contributed by atoms with E-state index >= 15 is 0 Å². The Bertz CT molecular complexity index is 181. The van der Waals surface area contributed by atoms with Crippen LogP contribution in [0.25, 0.3) is 0 Å². The highest BCUT2D eigenvalue weighted by Crippen LogP contribution is 2.07. The molecule has 0 rings (SSSR count). The Kier molecular flexibility index (Phi) is 13.2. The summed E-state index contributed by atoms with van der Waals surface area (Å²) >= 11 is 0. The van der Waals surface area contributed by atoms with Gasteiger partial charge >= 0.3 is 0 Å². The van der Waals surface area contributed by atoms with E-state index in [4.69, 9.17) is 5.73 Å². The van der Waals surface area contributed by atoms with Crippen molar-refractivity contribution in [2.24, 2.45) is 16.6 Å². The van der Waals surface area contributed by atoms with Gasteiger partial charge in [0, 0.05) is 12.6 Å². The molecule has 3 N–H and O–H groups in total. The van der Waals surface area contributed by atoms with Gasteiger partial charge in [0.05, 0.1) is 0 Å². The molecule has 1 unspecified atom stereocenters. The van der Waals surface area contributed by atoms with Crippen LogP contribution in [0.3, 0.4) is 0 Å². The Balaban J connectivity index is 0. The molecule has 1 atom stereocenters. The van der Waals surface area contributed by atoms with Gasteiger partial charge < -0.3 is 11.1 Å². The minimum atomic E-state index is 0. The van der Waals surface area contributed by atoms with E-state index in [1.807, 2.05) is 0 Å². The van der Waals surface area contributed by atoms with E-state index in [9.17, 15) is 0 Å². The zero-order chi connectivity index (χ0) is 11.7. The molecule has 0 fully saturated rings. The number of hydrogen-bond donors (Lipinski definition) is 2. The lowest BCUT2D eigenvalue weighted by Gasteiger charge is -2.14. The second kappa shape index (κ2) is 11.5. The van der Waals surface area contributed by atoms with Crippen LogP contribution in [-0.2, 0) is 0 Å². The van der Waals surface area contributed by atoms with Gasteiger partial charge in [-0.15, -0.1) is 24.0 Å². The number of rotatable bonds is 7. The molecule has 0 aromatic heterocycles. The highest BCUT2D eigenvalue weighted by molar-refractivity contribution is 14.0. The molecule has 0 aliphatic rings. The average molecular weight is 341 g/mol. The molecule has 0 radical (unpaired) electrons. The summed E-state index contributed by atoms with van der Waals surface area (Å²) in [6, 6.07) is 0.435. The number of aliphatic imine (C=N–C) groups is 1. The Hall–Kier alpha value is 0. The minimum absolute atomic E-state index is 0. The topological polar surface area (TPSA) is 50.4 Å². The minimum Gasteiger partial charge on any atom is -0.370 e. The first kappa shape index (κ1) is 18.4. The van der Waals surface area contributed by atoms with Crippen LogP contribution in [0.15, 0.2) is 4.99 Å². The van der Waals surface area contributed by atoms with Gasteiger partial charge in [0.1, 0.15) is 0 Å². The van der Waals surface area contributed by atoms with Crippen LogP contribution in [0.5, 0.6) is 0 Å². The molecule has 0 aromatic carbocycles. The Morgan fingerprint density at radius 1 is 1.25 bits per heavy atom. The Morgan fingerprint density at radius 2 is 1.88 bits per heavy atom. The molecule has 4 heteroatoms. The maximum atomic E-state index is 5.73. The molecular weight excluding hydrogens is 313 g/mol. The summed E-state index contributed by atoms with van der Waals surface area (Å²) in [7, 11) is 0. The van der Waals surface area contributed by atoms with Crippen LogP contribution in [0, 0.1) is 5.92 Å². The normalized spacial score (nSPS) is 13.4. The molecule has 0 aliphatic carbocycles. The van der Waals surface area contributed by atoms with Crippen LogP contribution < -0.4 is 11.1 Å². The number of hydrogen-bond acceptors (Lipinski definition) is 1. The van der Waals surface area contributed by atoms with Gasteiger partial charge in [-0.05, 0) is 25.7 Å². The molecule has 0 heterocycles. The monoisotopic (exact) mass is 341 g/mol. The van der Waals surface area contributed by atoms with Crippen molar-refractivity contribution >= 4 is 29.9 Å². The van der Waals surface area contributed by atoms with Crippen LogP contribution in [-0.4, -0.2) is 18.5 Å². The first-order valence-corrected chi connectivity index (χ1v) is 6.12. The number of halogens is 1. The fraction of sp³-hybridized carbons (Fsp3) is 0.917. The van der Waals surface area contributed by atoms with E-state index in [0.717, 1.165) is 18.9 Å². The van der Waals surface area contributed by atoms with Crippen LogP contribution in [0.1, 0.15) is 53.4 Å². The lowest BCUT2D eigenvalue weighted by atomic mass is 10.0. The fourth-order valence-electron chi connectivity index (χ4n) is 1.43. The second-order valence-electron chi connectivity index (χ2n) is 4.64. The Labute approximate surface area is 118 Å². The van der Waals surface area contributed by atoms with Crippen molar-refractivity contribution in [3.63, 3.8) is 0 Å². The summed E-state index contributed by atoms with van der Waals surface area (Å²) in [5.74, 6) is 1.39. The molecule has 0 amide bonds. The first-order valence-electron chi connectivity index (χ1n) is 6.12. The first-order chi connectivity index (χ1) is 7.06. The van der Waals surface area contributed by atoms with Gasteiger partial charge in [-0.3, -0.25) is 4.99 Å². The summed E-state index contributed by atoms with van der Waals surface area (Å²) < 4.78 is 0. The largest absolute Gasteiger partial charge is 0.370 e. The van der Waals surface area contributed by atoms with Crippen molar-refractivity contribution in [3.8, 4) is 0 Å². The number of guanidine groups is 1. The van der Waals surface area contributed by atoms with Crippen molar-refractivity contribution in [1.82, 2.24) is 5.32 Å². The van der Waals surface area contributed by atoms with Crippen LogP contribution >= 0.6 is 24.0 Å². The summed E-state index contributed by atoms with van der Waals surface area (Å²) in [5, 5.41) is 3.22. The van der Waals surface area contributed by atoms with Gasteiger partial charge in [-0.2, -0.15) is 0 Å². The summed E-state index contributed by atoms with van der Waals surface area (Å²) in [6.07, 6.45) is 4.76. The Morgan fingerprint density at radius 3 is 2.38 bits per heavy atom. The van der Waals surface area contributed by atoms with Crippen molar-refractivity contribution in [2.45, 2.75) is 59.4 Å². The third-order valence-corrected chi connectivity index (χ3v) is 2.32. The van der Waals surface area contributed by atoms with Crippen molar-refractivity contribution in [3.05, 3.63) is 0 Å². The van der Waals surface area contributed by atoms with E-state index in [1.165, 1.54) is 19.3 Å². The van der Waals surface area contributed by atoms with Gasteiger partial charge in [0.15, 0.2) is 5.96 Å². The van der Waals surface area contributed by atoms with Gasteiger partial charge in [-0.25, -0.2) is 0 Å². The smallest absolute Gasteiger partial charge is 0.188 e. The maximum Gasteiger partial charge on any atom is 0.188 e. The zero-order valence-electron chi connectivity index (χ0n) is 11.1. The van der Waals surface area contributed by atoms with E-state index in [-0.39, 0.29) is 24.0 Å². The van der Waals surface area contributed by atoms with Crippen molar-refractivity contribution < 1.29 is 0 Å². The van der Waals surface area contributed by atoms with Crippen molar-refractivity contribution in [2.75, 3.05) is 6.54 Å². The predicted octanol–water partition coefficient (Wildman–Crippen LogP) is 3.13. The van der Waals surface area contributed by atoms with Crippen LogP contribution in [0.4, 0.5) is 0 Å². The van der Waals surface area contributed by atoms with E-state index in [1.54, 1.807) is 0 Å². The molecule has 16 heavy (non-hydrogen) atoms. The third kappa shape index (κ3) is 12.1. The summed E-state index contributed by atoms with van der Waals surface area (Å²) in [5.41, 5.74) is 5.73. The van der Waals surface area contributed by atoms with Crippen molar-refractivity contribution in [1.29, 1.82) is 0 Å². The second-order valence-corrected chi connectivity index (χ2v) is 4.64. The molecule has 0 aromatic rings. The lowest BCUT2D eigenvalue weighted by molar-refractivity contribution is 0.493. The van der Waals surface area contributed by atoms with Gasteiger partial charge in [-0.1, -0.05) is 33.6 Å². The third-order valence-electron chi connectivity index (χ3n) is 2.32. The molecule has 0 aliphatic heterocycles. The summed E-state index contributed by atoms with van der Waals surface area (Å²) in [6.45, 7) is 9.60. The molecule has 0 saturated heterocycles. The van der Waals surface area contributed by atoms with Gasteiger partial charge in [0.25, 0.3) is 0 Å². The predicted molar refractivity (Wildman–Crippen MR) is 83.5 cm³/mol. The van der Waals surface area contributed by atoms with E-state index in [2.05, 4.69) is 38.0 Å². The molecular formula is C12H28IN3. The number of nitrogens with one attached hydrogen (secondary N) is 1. The van der Waals surface area contributed by atoms with Gasteiger partial charge in [0.2, 0.25) is 0 Å².